The van der Waals surface area contributed by atoms with Crippen LogP contribution in [0.4, 0.5) is 0 Å². The molecule has 0 unspecified atom stereocenters. The Hall–Kier alpha value is -1.40. The molecule has 1 heterocycles. The Morgan fingerprint density at radius 3 is 3.00 bits per heavy atom. The number of likely N-dealkylation sites (N-methyl/N-ethyl adjacent to an activating group) is 1. The molecule has 6 heteroatoms. The molecule has 16 heavy (non-hydrogen) atoms. The highest BCUT2D eigenvalue weighted by molar-refractivity contribution is 5.77. The molecule has 0 fully saturated rings. The summed E-state index contributed by atoms with van der Waals surface area (Å²) in [6.45, 7) is 1.54. The first-order valence-corrected chi connectivity index (χ1v) is 5.02. The number of rotatable bonds is 7. The highest BCUT2D eigenvalue weighted by Gasteiger charge is 2.09. The molecule has 90 valence electrons. The number of carbonyl (C=O) groups excluding carboxylic acids is 1. The molecule has 1 amide bonds. The van der Waals surface area contributed by atoms with E-state index in [1.807, 2.05) is 0 Å². The third-order valence-corrected chi connectivity index (χ3v) is 2.06. The van der Waals surface area contributed by atoms with Gasteiger partial charge in [0.2, 0.25) is 5.91 Å². The zero-order chi connectivity index (χ0) is 11.8. The Morgan fingerprint density at radius 1 is 1.56 bits per heavy atom. The zero-order valence-corrected chi connectivity index (χ0v) is 9.60. The number of ether oxygens (including phenoxy) is 2. The number of aromatic amines is 1. The Balaban J connectivity index is 2.20. The third-order valence-electron chi connectivity index (χ3n) is 2.06. The molecule has 6 nitrogen and oxygen atoms in total. The van der Waals surface area contributed by atoms with Crippen LogP contribution < -0.4 is 0 Å². The zero-order valence-electron chi connectivity index (χ0n) is 9.60. The number of hydrogen-bond donors (Lipinski definition) is 1. The van der Waals surface area contributed by atoms with Gasteiger partial charge < -0.3 is 14.4 Å². The van der Waals surface area contributed by atoms with Crippen molar-refractivity contribution in [3.63, 3.8) is 0 Å². The van der Waals surface area contributed by atoms with Gasteiger partial charge in [-0.2, -0.15) is 5.10 Å². The van der Waals surface area contributed by atoms with E-state index in [0.29, 0.717) is 19.8 Å². The smallest absolute Gasteiger partial charge is 0.248 e. The first-order chi connectivity index (χ1) is 7.74. The fourth-order valence-electron chi connectivity index (χ4n) is 1.14. The van der Waals surface area contributed by atoms with E-state index in [1.54, 1.807) is 31.5 Å². The molecule has 0 aliphatic rings. The summed E-state index contributed by atoms with van der Waals surface area (Å²) in [5.41, 5.74) is 0.966. The lowest BCUT2D eigenvalue weighted by molar-refractivity contribution is -0.135. The van der Waals surface area contributed by atoms with Crippen LogP contribution in [-0.4, -0.2) is 55.0 Å². The number of hydrogen-bond acceptors (Lipinski definition) is 4. The first kappa shape index (κ1) is 12.7. The van der Waals surface area contributed by atoms with Crippen LogP contribution in [0.25, 0.3) is 0 Å². The topological polar surface area (TPSA) is 67.5 Å². The van der Waals surface area contributed by atoms with Crippen molar-refractivity contribution in [3.8, 4) is 0 Å². The van der Waals surface area contributed by atoms with Gasteiger partial charge in [-0.3, -0.25) is 9.89 Å². The lowest BCUT2D eigenvalue weighted by atomic mass is 10.3. The van der Waals surface area contributed by atoms with Crippen molar-refractivity contribution >= 4 is 5.91 Å². The molecule has 0 bridgehead atoms. The monoisotopic (exact) mass is 227 g/mol. The summed E-state index contributed by atoms with van der Waals surface area (Å²) >= 11 is 0. The molecule has 0 radical (unpaired) electrons. The second-order valence-corrected chi connectivity index (χ2v) is 3.40. The molecule has 0 aliphatic carbocycles. The molecule has 1 rings (SSSR count). The molecular formula is C10H17N3O3. The summed E-state index contributed by atoms with van der Waals surface area (Å²) in [4.78, 5) is 13.2. The second-order valence-electron chi connectivity index (χ2n) is 3.40. The quantitative estimate of drug-likeness (QED) is 0.667. The van der Waals surface area contributed by atoms with E-state index in [2.05, 4.69) is 10.2 Å². The SMILES string of the molecule is COCCOCC(=O)N(C)Cc1cn[nH]c1. The number of amides is 1. The molecular weight excluding hydrogens is 210 g/mol. The van der Waals surface area contributed by atoms with E-state index in [-0.39, 0.29) is 12.5 Å². The van der Waals surface area contributed by atoms with Gasteiger partial charge in [-0.05, 0) is 0 Å². The van der Waals surface area contributed by atoms with E-state index >= 15 is 0 Å². The van der Waals surface area contributed by atoms with Gasteiger partial charge >= 0.3 is 0 Å². The second kappa shape index (κ2) is 6.97. The van der Waals surface area contributed by atoms with Crippen LogP contribution in [0.2, 0.25) is 0 Å². The lowest BCUT2D eigenvalue weighted by Crippen LogP contribution is -2.30. The van der Waals surface area contributed by atoms with Crippen molar-refractivity contribution < 1.29 is 14.3 Å². The molecule has 0 saturated heterocycles. The fourth-order valence-corrected chi connectivity index (χ4v) is 1.14. The summed E-state index contributed by atoms with van der Waals surface area (Å²) in [7, 11) is 3.32. The minimum atomic E-state index is -0.0581. The van der Waals surface area contributed by atoms with Crippen LogP contribution in [0.5, 0.6) is 0 Å². The molecule has 0 spiro atoms. The summed E-state index contributed by atoms with van der Waals surface area (Å²) in [5.74, 6) is -0.0581. The van der Waals surface area contributed by atoms with E-state index < -0.39 is 0 Å². The number of H-pyrrole nitrogens is 1. The Morgan fingerprint density at radius 2 is 2.38 bits per heavy atom. The van der Waals surface area contributed by atoms with E-state index in [0.717, 1.165) is 5.56 Å². The molecule has 0 aliphatic heterocycles. The minimum Gasteiger partial charge on any atom is -0.382 e. The van der Waals surface area contributed by atoms with E-state index in [9.17, 15) is 4.79 Å². The normalized spacial score (nSPS) is 10.4. The molecule has 0 atom stereocenters. The highest BCUT2D eigenvalue weighted by Crippen LogP contribution is 1.99. The van der Waals surface area contributed by atoms with Crippen LogP contribution in [0, 0.1) is 0 Å². The minimum absolute atomic E-state index is 0.0581. The van der Waals surface area contributed by atoms with Gasteiger partial charge in [-0.15, -0.1) is 0 Å². The number of aromatic nitrogens is 2. The van der Waals surface area contributed by atoms with Crippen molar-refractivity contribution in [2.75, 3.05) is 34.0 Å². The van der Waals surface area contributed by atoms with Crippen LogP contribution in [0.3, 0.4) is 0 Å². The highest BCUT2D eigenvalue weighted by atomic mass is 16.5. The van der Waals surface area contributed by atoms with Crippen molar-refractivity contribution in [1.29, 1.82) is 0 Å². The van der Waals surface area contributed by atoms with Gasteiger partial charge in [-0.1, -0.05) is 0 Å². The fraction of sp³-hybridized carbons (Fsp3) is 0.600. The Bertz CT molecular complexity index is 300. The summed E-state index contributed by atoms with van der Waals surface area (Å²) < 4.78 is 9.94. The molecule has 1 aromatic rings. The number of nitrogens with zero attached hydrogens (tertiary/aromatic N) is 2. The molecule has 0 aromatic carbocycles. The maximum atomic E-state index is 11.6. The Labute approximate surface area is 94.5 Å². The number of nitrogens with one attached hydrogen (secondary N) is 1. The summed E-state index contributed by atoms with van der Waals surface area (Å²) in [6, 6.07) is 0. The Kier molecular flexibility index (Phi) is 5.52. The van der Waals surface area contributed by atoms with Crippen LogP contribution in [-0.2, 0) is 20.8 Å². The summed E-state index contributed by atoms with van der Waals surface area (Å²) in [6.07, 6.45) is 3.45. The average molecular weight is 227 g/mol. The maximum absolute atomic E-state index is 11.6. The van der Waals surface area contributed by atoms with Gasteiger partial charge in [0.1, 0.15) is 6.61 Å². The molecule has 1 aromatic heterocycles. The maximum Gasteiger partial charge on any atom is 0.248 e. The van der Waals surface area contributed by atoms with Gasteiger partial charge in [0.15, 0.2) is 0 Å². The van der Waals surface area contributed by atoms with E-state index in [4.69, 9.17) is 9.47 Å². The predicted molar refractivity (Wildman–Crippen MR) is 57.8 cm³/mol. The standard InChI is InChI=1S/C10H17N3O3/c1-13(7-9-5-11-12-6-9)10(14)8-16-4-3-15-2/h5-6H,3-4,7-8H2,1-2H3,(H,11,12). The third kappa shape index (κ3) is 4.41. The number of methoxy groups -OCH3 is 1. The van der Waals surface area contributed by atoms with Gasteiger partial charge in [0.05, 0.1) is 19.4 Å². The lowest BCUT2D eigenvalue weighted by Gasteiger charge is -2.15. The van der Waals surface area contributed by atoms with Gasteiger partial charge in [-0.25, -0.2) is 0 Å². The first-order valence-electron chi connectivity index (χ1n) is 5.02. The van der Waals surface area contributed by atoms with Crippen molar-refractivity contribution in [3.05, 3.63) is 18.0 Å². The molecule has 1 N–H and O–H groups in total. The van der Waals surface area contributed by atoms with Crippen molar-refractivity contribution in [1.82, 2.24) is 15.1 Å². The van der Waals surface area contributed by atoms with Gasteiger partial charge in [0.25, 0.3) is 0 Å². The van der Waals surface area contributed by atoms with Gasteiger partial charge in [0, 0.05) is 32.5 Å². The molecule has 0 saturated carbocycles. The van der Waals surface area contributed by atoms with Crippen LogP contribution in [0.1, 0.15) is 5.56 Å². The predicted octanol–water partition coefficient (Wildman–Crippen LogP) is 0.0311. The van der Waals surface area contributed by atoms with E-state index in [1.165, 1.54) is 0 Å². The average Bonchev–Trinajstić information content (AvgIpc) is 2.76. The number of carbonyl (C=O) groups is 1. The van der Waals surface area contributed by atoms with Crippen LogP contribution >= 0.6 is 0 Å². The van der Waals surface area contributed by atoms with Crippen LogP contribution in [0.15, 0.2) is 12.4 Å². The summed E-state index contributed by atoms with van der Waals surface area (Å²) in [5, 5.41) is 6.51. The van der Waals surface area contributed by atoms with Crippen molar-refractivity contribution in [2.45, 2.75) is 6.54 Å². The largest absolute Gasteiger partial charge is 0.382 e. The van der Waals surface area contributed by atoms with Crippen molar-refractivity contribution in [2.24, 2.45) is 0 Å².